The largest absolute Gasteiger partial charge is 0.354 e. The maximum Gasteiger partial charge on any atom is 0.152 e. The highest BCUT2D eigenvalue weighted by molar-refractivity contribution is 6.04. The number of aromatic nitrogens is 2. The van der Waals surface area contributed by atoms with Gasteiger partial charge in [0.15, 0.2) is 6.29 Å². The van der Waals surface area contributed by atoms with Crippen molar-refractivity contribution in [1.29, 1.82) is 0 Å². The number of fused-ring (bicyclic) bond motifs is 1. The zero-order valence-electron chi connectivity index (χ0n) is 11.6. The molecule has 3 nitrogen and oxygen atoms in total. The Morgan fingerprint density at radius 2 is 1.90 bits per heavy atom. The van der Waals surface area contributed by atoms with Crippen LogP contribution in [0.3, 0.4) is 0 Å². The third kappa shape index (κ3) is 2.01. The fourth-order valence-corrected chi connectivity index (χ4v) is 2.46. The third-order valence-corrected chi connectivity index (χ3v) is 3.62. The number of nitrogens with one attached hydrogen (secondary N) is 1. The van der Waals surface area contributed by atoms with Crippen molar-refractivity contribution in [3.63, 3.8) is 0 Å². The Morgan fingerprint density at radius 1 is 1.15 bits per heavy atom. The van der Waals surface area contributed by atoms with E-state index in [2.05, 4.69) is 35.9 Å². The molecule has 0 spiro atoms. The number of aromatic amines is 1. The lowest BCUT2D eigenvalue weighted by Gasteiger charge is -2.04. The van der Waals surface area contributed by atoms with Gasteiger partial charge in [-0.05, 0) is 35.7 Å². The van der Waals surface area contributed by atoms with E-state index in [1.165, 1.54) is 5.56 Å². The average molecular weight is 264 g/mol. The first kappa shape index (κ1) is 12.6. The smallest absolute Gasteiger partial charge is 0.152 e. The number of nitrogens with zero attached hydrogens (tertiary/aromatic N) is 1. The van der Waals surface area contributed by atoms with Crippen molar-refractivity contribution < 1.29 is 4.79 Å². The van der Waals surface area contributed by atoms with Gasteiger partial charge in [0.1, 0.15) is 0 Å². The summed E-state index contributed by atoms with van der Waals surface area (Å²) in [6, 6.07) is 10.1. The van der Waals surface area contributed by atoms with Crippen LogP contribution in [0.15, 0.2) is 42.7 Å². The monoisotopic (exact) mass is 264 g/mol. The van der Waals surface area contributed by atoms with Crippen LogP contribution in [0.4, 0.5) is 0 Å². The molecule has 0 amide bonds. The molecule has 0 aliphatic carbocycles. The molecule has 100 valence electrons. The minimum Gasteiger partial charge on any atom is -0.354 e. The second-order valence-electron chi connectivity index (χ2n) is 5.23. The summed E-state index contributed by atoms with van der Waals surface area (Å²) in [5, 5.41) is 0.984. The molecule has 20 heavy (non-hydrogen) atoms. The van der Waals surface area contributed by atoms with Gasteiger partial charge in [-0.15, -0.1) is 0 Å². The van der Waals surface area contributed by atoms with Crippen molar-refractivity contribution in [3.05, 3.63) is 53.9 Å². The van der Waals surface area contributed by atoms with Crippen LogP contribution in [0.1, 0.15) is 35.7 Å². The molecule has 0 saturated heterocycles. The Morgan fingerprint density at radius 3 is 2.55 bits per heavy atom. The quantitative estimate of drug-likeness (QED) is 0.722. The van der Waals surface area contributed by atoms with Crippen LogP contribution in [0, 0.1) is 0 Å². The van der Waals surface area contributed by atoms with Gasteiger partial charge in [0, 0.05) is 34.4 Å². The lowest BCUT2D eigenvalue weighted by molar-refractivity contribution is 0.112. The van der Waals surface area contributed by atoms with E-state index in [9.17, 15) is 4.79 Å². The number of benzene rings is 1. The van der Waals surface area contributed by atoms with E-state index < -0.39 is 0 Å². The van der Waals surface area contributed by atoms with Crippen LogP contribution < -0.4 is 0 Å². The van der Waals surface area contributed by atoms with Gasteiger partial charge in [-0.3, -0.25) is 9.78 Å². The van der Waals surface area contributed by atoms with E-state index in [1.807, 2.05) is 18.2 Å². The first-order valence-corrected chi connectivity index (χ1v) is 6.72. The van der Waals surface area contributed by atoms with E-state index in [1.54, 1.807) is 12.4 Å². The van der Waals surface area contributed by atoms with E-state index in [0.29, 0.717) is 11.5 Å². The first-order chi connectivity index (χ1) is 9.70. The van der Waals surface area contributed by atoms with E-state index >= 15 is 0 Å². The van der Waals surface area contributed by atoms with Gasteiger partial charge in [-0.2, -0.15) is 0 Å². The van der Waals surface area contributed by atoms with Crippen LogP contribution in [-0.2, 0) is 0 Å². The summed E-state index contributed by atoms with van der Waals surface area (Å²) in [5.41, 5.74) is 4.78. The predicted molar refractivity (Wildman–Crippen MR) is 81.0 cm³/mol. The predicted octanol–water partition coefficient (Wildman–Crippen LogP) is 4.17. The molecule has 3 heteroatoms. The number of rotatable bonds is 3. The van der Waals surface area contributed by atoms with E-state index in [4.69, 9.17) is 0 Å². The fourth-order valence-electron chi connectivity index (χ4n) is 2.46. The number of aldehydes is 1. The lowest BCUT2D eigenvalue weighted by atomic mass is 10.00. The molecule has 3 rings (SSSR count). The molecule has 2 heterocycles. The van der Waals surface area contributed by atoms with Crippen LogP contribution >= 0.6 is 0 Å². The number of pyridine rings is 1. The van der Waals surface area contributed by atoms with Gasteiger partial charge in [0.05, 0.1) is 5.69 Å². The SMILES string of the molecule is CC(C)c1ccc2[nH]c(-c3ccncc3)c(C=O)c2c1. The minimum absolute atomic E-state index is 0.443. The van der Waals surface area contributed by atoms with Gasteiger partial charge in [-0.1, -0.05) is 19.9 Å². The third-order valence-electron chi connectivity index (χ3n) is 3.62. The average Bonchev–Trinajstić information content (AvgIpc) is 2.85. The zero-order valence-corrected chi connectivity index (χ0v) is 11.6. The van der Waals surface area contributed by atoms with Gasteiger partial charge in [0.2, 0.25) is 0 Å². The Hall–Kier alpha value is -2.42. The summed E-state index contributed by atoms with van der Waals surface area (Å²) < 4.78 is 0. The molecule has 0 aliphatic heterocycles. The Labute approximate surface area is 117 Å². The van der Waals surface area contributed by atoms with E-state index in [-0.39, 0.29) is 0 Å². The molecule has 1 aromatic carbocycles. The molecule has 1 N–H and O–H groups in total. The van der Waals surface area contributed by atoms with Crippen molar-refractivity contribution >= 4 is 17.2 Å². The Balaban J connectivity index is 2.27. The van der Waals surface area contributed by atoms with Gasteiger partial charge in [0.25, 0.3) is 0 Å². The molecular formula is C17H16N2O. The molecule has 3 aromatic rings. The van der Waals surface area contributed by atoms with Gasteiger partial charge < -0.3 is 4.98 Å². The summed E-state index contributed by atoms with van der Waals surface area (Å²) in [7, 11) is 0. The molecule has 0 saturated carbocycles. The highest BCUT2D eigenvalue weighted by atomic mass is 16.1. The Bertz CT molecular complexity index is 757. The molecule has 2 aromatic heterocycles. The molecule has 0 atom stereocenters. The second kappa shape index (κ2) is 4.93. The zero-order chi connectivity index (χ0) is 14.1. The number of carbonyl (C=O) groups is 1. The van der Waals surface area contributed by atoms with Crippen molar-refractivity contribution in [1.82, 2.24) is 9.97 Å². The normalized spacial score (nSPS) is 11.2. The number of carbonyl (C=O) groups excluding carboxylic acids is 1. The van der Waals surface area contributed by atoms with Crippen LogP contribution in [-0.4, -0.2) is 16.3 Å². The molecule has 0 fully saturated rings. The van der Waals surface area contributed by atoms with Crippen molar-refractivity contribution in [2.75, 3.05) is 0 Å². The van der Waals surface area contributed by atoms with Gasteiger partial charge in [-0.25, -0.2) is 0 Å². The maximum atomic E-state index is 11.5. The topological polar surface area (TPSA) is 45.8 Å². The van der Waals surface area contributed by atoms with Crippen molar-refractivity contribution in [2.45, 2.75) is 19.8 Å². The Kier molecular flexibility index (Phi) is 3.11. The summed E-state index contributed by atoms with van der Waals surface area (Å²) in [5.74, 6) is 0.443. The summed E-state index contributed by atoms with van der Waals surface area (Å²) in [6.45, 7) is 4.30. The standard InChI is InChI=1S/C17H16N2O/c1-11(2)13-3-4-16-14(9-13)15(10-20)17(19-16)12-5-7-18-8-6-12/h3-11,19H,1-2H3. The number of hydrogen-bond donors (Lipinski definition) is 1. The summed E-state index contributed by atoms with van der Waals surface area (Å²) in [4.78, 5) is 18.9. The van der Waals surface area contributed by atoms with E-state index in [0.717, 1.165) is 28.4 Å². The number of hydrogen-bond acceptors (Lipinski definition) is 2. The summed E-state index contributed by atoms with van der Waals surface area (Å²) >= 11 is 0. The molecule has 0 bridgehead atoms. The van der Waals surface area contributed by atoms with Crippen molar-refractivity contribution in [3.8, 4) is 11.3 Å². The molecular weight excluding hydrogens is 248 g/mol. The highest BCUT2D eigenvalue weighted by Crippen LogP contribution is 2.30. The van der Waals surface area contributed by atoms with Crippen LogP contribution in [0.2, 0.25) is 0 Å². The molecule has 0 unspecified atom stereocenters. The summed E-state index contributed by atoms with van der Waals surface area (Å²) in [6.07, 6.45) is 4.39. The van der Waals surface area contributed by atoms with Crippen LogP contribution in [0.5, 0.6) is 0 Å². The highest BCUT2D eigenvalue weighted by Gasteiger charge is 2.13. The van der Waals surface area contributed by atoms with Gasteiger partial charge >= 0.3 is 0 Å². The van der Waals surface area contributed by atoms with Crippen LogP contribution in [0.25, 0.3) is 22.2 Å². The maximum absolute atomic E-state index is 11.5. The lowest BCUT2D eigenvalue weighted by Crippen LogP contribution is -1.87. The molecule has 0 radical (unpaired) electrons. The first-order valence-electron chi connectivity index (χ1n) is 6.72. The number of H-pyrrole nitrogens is 1. The molecule has 0 aliphatic rings. The van der Waals surface area contributed by atoms with Crippen molar-refractivity contribution in [2.24, 2.45) is 0 Å². The minimum atomic E-state index is 0.443. The fraction of sp³-hybridized carbons (Fsp3) is 0.176. The second-order valence-corrected chi connectivity index (χ2v) is 5.23.